The fraction of sp³-hybridized carbons (Fsp3) is 0.542. The number of ether oxygens (including phenoxy) is 3. The number of H-pyrrole nitrogens is 1. The number of aryl methyl sites for hydroxylation is 2. The van der Waals surface area contributed by atoms with Crippen LogP contribution in [0.15, 0.2) is 23.0 Å². The number of hydrogen-bond donors (Lipinski definition) is 1. The smallest absolute Gasteiger partial charge is 0.277 e. The average Bonchev–Trinajstić information content (AvgIpc) is 3.39. The van der Waals surface area contributed by atoms with Gasteiger partial charge in [0.25, 0.3) is 5.56 Å². The molecule has 0 bridgehead atoms. The molecule has 0 atom stereocenters. The number of rotatable bonds is 6. The monoisotopic (exact) mass is 453 g/mol. The fourth-order valence-electron chi connectivity index (χ4n) is 4.85. The molecule has 0 aliphatic carbocycles. The van der Waals surface area contributed by atoms with E-state index in [-0.39, 0.29) is 5.56 Å². The zero-order valence-corrected chi connectivity index (χ0v) is 19.5. The van der Waals surface area contributed by atoms with E-state index in [0.717, 1.165) is 55.7 Å². The summed E-state index contributed by atoms with van der Waals surface area (Å²) in [6.07, 6.45) is 3.35. The molecule has 176 valence electrons. The van der Waals surface area contributed by atoms with E-state index in [1.54, 1.807) is 11.7 Å². The molecule has 1 N–H and O–H groups in total. The lowest BCUT2D eigenvalue weighted by Crippen LogP contribution is -2.45. The van der Waals surface area contributed by atoms with Crippen molar-refractivity contribution in [2.75, 3.05) is 37.8 Å². The van der Waals surface area contributed by atoms with Gasteiger partial charge in [-0.3, -0.25) is 9.48 Å². The molecular formula is C24H31N5O4. The van der Waals surface area contributed by atoms with Crippen LogP contribution in [0.5, 0.6) is 5.75 Å². The molecular weight excluding hydrogens is 422 g/mol. The number of fused-ring (bicyclic) bond motifs is 1. The van der Waals surface area contributed by atoms with Crippen LogP contribution in [-0.4, -0.2) is 58.4 Å². The van der Waals surface area contributed by atoms with Gasteiger partial charge in [0.05, 0.1) is 31.1 Å². The number of nitrogens with zero attached hydrogens (tertiary/aromatic N) is 4. The minimum absolute atomic E-state index is 0.198. The zero-order valence-electron chi connectivity index (χ0n) is 19.5. The molecule has 2 fully saturated rings. The van der Waals surface area contributed by atoms with Gasteiger partial charge in [-0.15, -0.1) is 0 Å². The highest BCUT2D eigenvalue weighted by molar-refractivity contribution is 5.80. The lowest BCUT2D eigenvalue weighted by Gasteiger charge is -2.38. The van der Waals surface area contributed by atoms with Gasteiger partial charge in [0, 0.05) is 38.7 Å². The second kappa shape index (κ2) is 8.79. The first-order valence-electron chi connectivity index (χ1n) is 11.8. The third-order valence-electron chi connectivity index (χ3n) is 6.47. The quantitative estimate of drug-likeness (QED) is 0.613. The number of piperidine rings is 1. The minimum Gasteiger partial charge on any atom is -0.493 e. The average molecular weight is 454 g/mol. The lowest BCUT2D eigenvalue weighted by molar-refractivity contribution is -0.169. The van der Waals surface area contributed by atoms with Crippen LogP contribution in [0.1, 0.15) is 38.8 Å². The van der Waals surface area contributed by atoms with E-state index in [1.165, 1.54) is 0 Å². The van der Waals surface area contributed by atoms with Gasteiger partial charge in [-0.25, -0.2) is 4.98 Å². The van der Waals surface area contributed by atoms with E-state index in [9.17, 15) is 4.79 Å². The Morgan fingerprint density at radius 2 is 1.94 bits per heavy atom. The van der Waals surface area contributed by atoms with Crippen molar-refractivity contribution in [3.63, 3.8) is 0 Å². The minimum atomic E-state index is -0.418. The van der Waals surface area contributed by atoms with Crippen LogP contribution in [0, 0.1) is 0 Å². The van der Waals surface area contributed by atoms with Gasteiger partial charge in [0.2, 0.25) is 0 Å². The molecule has 2 aliphatic rings. The largest absolute Gasteiger partial charge is 0.493 e. The Balaban J connectivity index is 1.53. The van der Waals surface area contributed by atoms with Gasteiger partial charge in [0.1, 0.15) is 17.1 Å². The second-order valence-corrected chi connectivity index (χ2v) is 8.64. The van der Waals surface area contributed by atoms with Crippen molar-refractivity contribution >= 4 is 16.7 Å². The van der Waals surface area contributed by atoms with Crippen LogP contribution >= 0.6 is 0 Å². The first-order chi connectivity index (χ1) is 16.0. The molecule has 1 spiro atoms. The summed E-state index contributed by atoms with van der Waals surface area (Å²) < 4.78 is 19.3. The molecule has 0 saturated carbocycles. The summed E-state index contributed by atoms with van der Waals surface area (Å²) in [5.74, 6) is 0.776. The molecule has 4 heterocycles. The SMILES string of the molecule is CCCc1nn(C)c2c(=O)[nH]c(-c3cc(N4CCC5(CC4)OCCO5)ccc3OCC)nc12. The molecule has 9 nitrogen and oxygen atoms in total. The van der Waals surface area contributed by atoms with Gasteiger partial charge in [-0.2, -0.15) is 5.10 Å². The summed E-state index contributed by atoms with van der Waals surface area (Å²) in [5.41, 5.74) is 3.62. The summed E-state index contributed by atoms with van der Waals surface area (Å²) in [4.78, 5) is 23.1. The Labute approximate surface area is 192 Å². The van der Waals surface area contributed by atoms with Crippen molar-refractivity contribution in [2.45, 2.75) is 45.3 Å². The van der Waals surface area contributed by atoms with Crippen LogP contribution < -0.4 is 15.2 Å². The van der Waals surface area contributed by atoms with Crippen molar-refractivity contribution in [1.29, 1.82) is 0 Å². The second-order valence-electron chi connectivity index (χ2n) is 8.64. The molecule has 2 saturated heterocycles. The van der Waals surface area contributed by atoms with Crippen molar-refractivity contribution < 1.29 is 14.2 Å². The standard InChI is InChI=1S/C24H31N5O4/c1-4-6-18-20-21(28(3)27-18)23(30)26-22(25-20)17-15-16(7-8-19(17)31-5-2)29-11-9-24(10-12-29)32-13-14-33-24/h7-8,15H,4-6,9-14H2,1-3H3,(H,25,26,30). The molecule has 3 aromatic rings. The number of nitrogens with one attached hydrogen (secondary N) is 1. The third-order valence-corrected chi connectivity index (χ3v) is 6.47. The molecule has 0 amide bonds. The number of hydrogen-bond acceptors (Lipinski definition) is 7. The molecule has 5 rings (SSSR count). The summed E-state index contributed by atoms with van der Waals surface area (Å²) >= 11 is 0. The van der Waals surface area contributed by atoms with Crippen LogP contribution in [-0.2, 0) is 22.9 Å². The molecule has 33 heavy (non-hydrogen) atoms. The van der Waals surface area contributed by atoms with Crippen molar-refractivity contribution in [2.24, 2.45) is 7.05 Å². The van der Waals surface area contributed by atoms with E-state index in [1.807, 2.05) is 13.0 Å². The van der Waals surface area contributed by atoms with Crippen LogP contribution in [0.4, 0.5) is 5.69 Å². The topological polar surface area (TPSA) is 94.5 Å². The van der Waals surface area contributed by atoms with Gasteiger partial charge < -0.3 is 24.1 Å². The van der Waals surface area contributed by atoms with E-state index in [4.69, 9.17) is 19.2 Å². The Morgan fingerprint density at radius 3 is 2.64 bits per heavy atom. The third kappa shape index (κ3) is 4.00. The molecule has 0 radical (unpaired) electrons. The molecule has 0 unspecified atom stereocenters. The molecule has 1 aromatic carbocycles. The summed E-state index contributed by atoms with van der Waals surface area (Å²) in [5, 5.41) is 4.53. The highest BCUT2D eigenvalue weighted by atomic mass is 16.7. The predicted octanol–water partition coefficient (Wildman–Crippen LogP) is 3.02. The maximum absolute atomic E-state index is 13.0. The maximum Gasteiger partial charge on any atom is 0.277 e. The van der Waals surface area contributed by atoms with E-state index < -0.39 is 5.79 Å². The Kier molecular flexibility index (Phi) is 5.84. The lowest BCUT2D eigenvalue weighted by atomic mass is 10.0. The number of anilines is 1. The zero-order chi connectivity index (χ0) is 23.0. The van der Waals surface area contributed by atoms with Gasteiger partial charge in [-0.1, -0.05) is 13.3 Å². The van der Waals surface area contributed by atoms with Gasteiger partial charge in [0.15, 0.2) is 11.3 Å². The maximum atomic E-state index is 13.0. The highest BCUT2D eigenvalue weighted by Crippen LogP contribution is 2.37. The van der Waals surface area contributed by atoms with Crippen molar-refractivity contribution in [3.05, 3.63) is 34.2 Å². The Hall–Kier alpha value is -2.91. The normalized spacial score (nSPS) is 17.8. The summed E-state index contributed by atoms with van der Waals surface area (Å²) in [6, 6.07) is 6.08. The Morgan fingerprint density at radius 1 is 1.18 bits per heavy atom. The molecule has 9 heteroatoms. The van der Waals surface area contributed by atoms with Gasteiger partial charge in [-0.05, 0) is 31.5 Å². The molecule has 2 aliphatic heterocycles. The van der Waals surface area contributed by atoms with Gasteiger partial charge >= 0.3 is 0 Å². The predicted molar refractivity (Wildman–Crippen MR) is 126 cm³/mol. The first-order valence-corrected chi connectivity index (χ1v) is 11.8. The van der Waals surface area contributed by atoms with Crippen molar-refractivity contribution in [3.8, 4) is 17.1 Å². The van der Waals surface area contributed by atoms with Crippen LogP contribution in [0.2, 0.25) is 0 Å². The Bertz CT molecular complexity index is 1200. The van der Waals surface area contributed by atoms with E-state index >= 15 is 0 Å². The van der Waals surface area contributed by atoms with E-state index in [2.05, 4.69) is 34.0 Å². The summed E-state index contributed by atoms with van der Waals surface area (Å²) in [7, 11) is 1.78. The molecule has 2 aromatic heterocycles. The fourth-order valence-corrected chi connectivity index (χ4v) is 4.85. The first kappa shape index (κ1) is 21.9. The van der Waals surface area contributed by atoms with Crippen LogP contribution in [0.3, 0.4) is 0 Å². The summed E-state index contributed by atoms with van der Waals surface area (Å²) in [6.45, 7) is 7.57. The van der Waals surface area contributed by atoms with Crippen LogP contribution in [0.25, 0.3) is 22.4 Å². The highest BCUT2D eigenvalue weighted by Gasteiger charge is 2.39. The van der Waals surface area contributed by atoms with E-state index in [0.29, 0.717) is 42.4 Å². The number of aromatic nitrogens is 4. The number of aromatic amines is 1. The van der Waals surface area contributed by atoms with Crippen molar-refractivity contribution in [1.82, 2.24) is 19.7 Å². The number of benzene rings is 1.